The normalized spacial score (nSPS) is 27.9. The minimum Gasteiger partial charge on any atom is -0.349 e. The summed E-state index contributed by atoms with van der Waals surface area (Å²) in [6.07, 6.45) is 6.82. The Morgan fingerprint density at radius 3 is 2.59 bits per heavy atom. The van der Waals surface area contributed by atoms with E-state index in [1.165, 1.54) is 4.90 Å². The van der Waals surface area contributed by atoms with Crippen molar-refractivity contribution in [3.63, 3.8) is 0 Å². The zero-order chi connectivity index (χ0) is 11.8. The highest BCUT2D eigenvalue weighted by molar-refractivity contribution is 6.05. The molecule has 1 N–H and O–H groups in total. The van der Waals surface area contributed by atoms with Crippen LogP contribution in [0.1, 0.15) is 25.1 Å². The minimum absolute atomic E-state index is 0.0286. The molecule has 90 valence electrons. The van der Waals surface area contributed by atoms with Crippen LogP contribution in [0.25, 0.3) is 0 Å². The first-order chi connectivity index (χ1) is 8.27. The number of aromatic nitrogens is 2. The lowest BCUT2D eigenvalue weighted by atomic mass is 10.00. The lowest BCUT2D eigenvalue weighted by Gasteiger charge is -2.14. The van der Waals surface area contributed by atoms with Crippen LogP contribution in [0.15, 0.2) is 12.4 Å². The van der Waals surface area contributed by atoms with Crippen LogP contribution < -0.4 is 0 Å². The summed E-state index contributed by atoms with van der Waals surface area (Å²) in [5.74, 6) is 0.828. The van der Waals surface area contributed by atoms with E-state index in [1.54, 1.807) is 12.4 Å². The fourth-order valence-electron chi connectivity index (χ4n) is 2.93. The molecule has 2 amide bonds. The fraction of sp³-hybridized carbons (Fsp3) is 0.583. The number of likely N-dealkylation sites (tertiary alicyclic amines) is 1. The van der Waals surface area contributed by atoms with Crippen LogP contribution in [0.2, 0.25) is 0 Å². The first kappa shape index (κ1) is 10.5. The number of H-pyrrole nitrogens is 1. The van der Waals surface area contributed by atoms with E-state index >= 15 is 0 Å². The molecule has 5 nitrogen and oxygen atoms in total. The molecule has 0 aromatic carbocycles. The van der Waals surface area contributed by atoms with Gasteiger partial charge in [-0.2, -0.15) is 0 Å². The van der Waals surface area contributed by atoms with E-state index < -0.39 is 0 Å². The summed E-state index contributed by atoms with van der Waals surface area (Å²) >= 11 is 0. The van der Waals surface area contributed by atoms with Gasteiger partial charge in [0.05, 0.1) is 11.8 Å². The SMILES string of the molecule is O=C1C2CCCC2C(=O)N1CCc1ncc[nH]1. The highest BCUT2D eigenvalue weighted by Gasteiger charge is 2.49. The quantitative estimate of drug-likeness (QED) is 0.783. The predicted octanol–water partition coefficient (Wildman–Crippen LogP) is 0.737. The minimum atomic E-state index is -0.0286. The van der Waals surface area contributed by atoms with E-state index in [2.05, 4.69) is 9.97 Å². The number of amides is 2. The second kappa shape index (κ2) is 3.98. The Hall–Kier alpha value is -1.65. The lowest BCUT2D eigenvalue weighted by Crippen LogP contribution is -2.33. The van der Waals surface area contributed by atoms with Gasteiger partial charge in [-0.05, 0) is 12.8 Å². The van der Waals surface area contributed by atoms with Crippen LogP contribution in [-0.4, -0.2) is 33.2 Å². The van der Waals surface area contributed by atoms with Crippen LogP contribution in [0, 0.1) is 11.8 Å². The number of nitrogens with one attached hydrogen (secondary N) is 1. The van der Waals surface area contributed by atoms with Gasteiger partial charge in [-0.15, -0.1) is 0 Å². The number of carbonyl (C=O) groups excluding carboxylic acids is 2. The standard InChI is InChI=1S/C12H15N3O2/c16-11-8-2-1-3-9(8)12(17)15(11)7-4-10-13-5-6-14-10/h5-6,8-9H,1-4,7H2,(H,13,14). The molecule has 2 unspecified atom stereocenters. The van der Waals surface area contributed by atoms with Crippen LogP contribution in [0.3, 0.4) is 0 Å². The molecule has 0 spiro atoms. The molecule has 17 heavy (non-hydrogen) atoms. The molecule has 1 aliphatic carbocycles. The average Bonchev–Trinajstić information content (AvgIpc) is 3.01. The Kier molecular flexibility index (Phi) is 2.46. The topological polar surface area (TPSA) is 66.1 Å². The van der Waals surface area contributed by atoms with Crippen LogP contribution >= 0.6 is 0 Å². The predicted molar refractivity (Wildman–Crippen MR) is 59.8 cm³/mol. The molecular weight excluding hydrogens is 218 g/mol. The second-order valence-corrected chi connectivity index (χ2v) is 4.76. The highest BCUT2D eigenvalue weighted by Crippen LogP contribution is 2.39. The van der Waals surface area contributed by atoms with E-state index in [9.17, 15) is 9.59 Å². The number of imide groups is 1. The molecule has 1 saturated carbocycles. The fourth-order valence-corrected chi connectivity index (χ4v) is 2.93. The molecule has 2 aliphatic rings. The van der Waals surface area contributed by atoms with Crippen molar-refractivity contribution in [3.05, 3.63) is 18.2 Å². The van der Waals surface area contributed by atoms with Gasteiger partial charge < -0.3 is 4.98 Å². The molecule has 2 heterocycles. The molecule has 1 saturated heterocycles. The van der Waals surface area contributed by atoms with Gasteiger partial charge in [0.1, 0.15) is 5.82 Å². The maximum Gasteiger partial charge on any atom is 0.233 e. The molecule has 0 bridgehead atoms. The molecule has 1 aromatic heterocycles. The zero-order valence-electron chi connectivity index (χ0n) is 9.56. The first-order valence-corrected chi connectivity index (χ1v) is 6.11. The third-order valence-corrected chi connectivity index (χ3v) is 3.81. The molecule has 2 atom stereocenters. The zero-order valence-corrected chi connectivity index (χ0v) is 9.56. The highest BCUT2D eigenvalue weighted by atomic mass is 16.2. The number of aromatic amines is 1. The maximum atomic E-state index is 12.0. The van der Waals surface area contributed by atoms with Gasteiger partial charge in [0.2, 0.25) is 11.8 Å². The summed E-state index contributed by atoms with van der Waals surface area (Å²) in [6.45, 7) is 0.457. The molecule has 5 heteroatoms. The molecule has 0 radical (unpaired) electrons. The smallest absolute Gasteiger partial charge is 0.233 e. The summed E-state index contributed by atoms with van der Waals surface area (Å²) in [5.41, 5.74) is 0. The average molecular weight is 233 g/mol. The van der Waals surface area contributed by atoms with Crippen molar-refractivity contribution in [3.8, 4) is 0 Å². The number of fused-ring (bicyclic) bond motifs is 1. The van der Waals surface area contributed by atoms with E-state index in [-0.39, 0.29) is 23.7 Å². The summed E-state index contributed by atoms with van der Waals surface area (Å²) in [5, 5.41) is 0. The van der Waals surface area contributed by atoms with Crippen LogP contribution in [-0.2, 0) is 16.0 Å². The maximum absolute atomic E-state index is 12.0. The van der Waals surface area contributed by atoms with Crippen molar-refractivity contribution in [1.82, 2.24) is 14.9 Å². The van der Waals surface area contributed by atoms with Gasteiger partial charge >= 0.3 is 0 Å². The van der Waals surface area contributed by atoms with Crippen LogP contribution in [0.5, 0.6) is 0 Å². The number of imidazole rings is 1. The molecule has 2 fully saturated rings. The van der Waals surface area contributed by atoms with Crippen molar-refractivity contribution in [2.24, 2.45) is 11.8 Å². The van der Waals surface area contributed by atoms with Crippen molar-refractivity contribution in [2.75, 3.05) is 6.54 Å². The molecule has 1 aliphatic heterocycles. The van der Waals surface area contributed by atoms with E-state index in [4.69, 9.17) is 0 Å². The van der Waals surface area contributed by atoms with Crippen molar-refractivity contribution < 1.29 is 9.59 Å². The largest absolute Gasteiger partial charge is 0.349 e. The first-order valence-electron chi connectivity index (χ1n) is 6.11. The second-order valence-electron chi connectivity index (χ2n) is 4.76. The number of hydrogen-bond acceptors (Lipinski definition) is 3. The Bertz CT molecular complexity index is 419. The van der Waals surface area contributed by atoms with Crippen molar-refractivity contribution >= 4 is 11.8 Å². The van der Waals surface area contributed by atoms with Crippen molar-refractivity contribution in [2.45, 2.75) is 25.7 Å². The third-order valence-electron chi connectivity index (χ3n) is 3.81. The molecule has 3 rings (SSSR count). The third kappa shape index (κ3) is 1.66. The summed E-state index contributed by atoms with van der Waals surface area (Å²) in [7, 11) is 0. The Morgan fingerprint density at radius 1 is 1.29 bits per heavy atom. The number of hydrogen-bond donors (Lipinski definition) is 1. The number of carbonyl (C=O) groups is 2. The van der Waals surface area contributed by atoms with Crippen LogP contribution in [0.4, 0.5) is 0 Å². The van der Waals surface area contributed by atoms with E-state index in [0.29, 0.717) is 13.0 Å². The van der Waals surface area contributed by atoms with E-state index in [0.717, 1.165) is 25.1 Å². The summed E-state index contributed by atoms with van der Waals surface area (Å²) in [6, 6.07) is 0. The summed E-state index contributed by atoms with van der Waals surface area (Å²) < 4.78 is 0. The lowest BCUT2D eigenvalue weighted by molar-refractivity contribution is -0.140. The molecule has 1 aromatic rings. The number of nitrogens with zero attached hydrogens (tertiary/aromatic N) is 2. The number of rotatable bonds is 3. The van der Waals surface area contributed by atoms with Gasteiger partial charge in [-0.1, -0.05) is 6.42 Å². The van der Waals surface area contributed by atoms with E-state index in [1.807, 2.05) is 0 Å². The molecular formula is C12H15N3O2. The van der Waals surface area contributed by atoms with Gasteiger partial charge in [0.15, 0.2) is 0 Å². The Balaban J connectivity index is 1.68. The van der Waals surface area contributed by atoms with Gasteiger partial charge in [-0.25, -0.2) is 4.98 Å². The van der Waals surface area contributed by atoms with Crippen molar-refractivity contribution in [1.29, 1.82) is 0 Å². The van der Waals surface area contributed by atoms with Gasteiger partial charge in [-0.3, -0.25) is 14.5 Å². The Morgan fingerprint density at radius 2 is 2.00 bits per heavy atom. The van der Waals surface area contributed by atoms with Gasteiger partial charge in [0, 0.05) is 25.4 Å². The summed E-state index contributed by atoms with van der Waals surface area (Å²) in [4.78, 5) is 32.6. The Labute approximate surface area is 99.2 Å². The van der Waals surface area contributed by atoms with Gasteiger partial charge in [0.25, 0.3) is 0 Å². The monoisotopic (exact) mass is 233 g/mol.